The number of hydrogen-bond donors (Lipinski definition) is 1. The highest BCUT2D eigenvalue weighted by Crippen LogP contribution is 2.33. The third-order valence-electron chi connectivity index (χ3n) is 3.26. The summed E-state index contributed by atoms with van der Waals surface area (Å²) in [5.41, 5.74) is 3.61. The first-order chi connectivity index (χ1) is 7.99. The summed E-state index contributed by atoms with van der Waals surface area (Å²) in [7, 11) is 1.69. The number of aryl methyl sites for hydroxylation is 2. The van der Waals surface area contributed by atoms with Crippen molar-refractivity contribution < 1.29 is 9.84 Å². The van der Waals surface area contributed by atoms with Crippen LogP contribution in [-0.4, -0.2) is 18.8 Å². The molecule has 2 heteroatoms. The monoisotopic (exact) mass is 236 g/mol. The zero-order valence-electron chi connectivity index (χ0n) is 11.6. The summed E-state index contributed by atoms with van der Waals surface area (Å²) >= 11 is 0. The lowest BCUT2D eigenvalue weighted by Crippen LogP contribution is -2.10. The van der Waals surface area contributed by atoms with Crippen molar-refractivity contribution >= 4 is 0 Å². The summed E-state index contributed by atoms with van der Waals surface area (Å²) in [6.07, 6.45) is 0.982. The molecule has 0 heterocycles. The Morgan fingerprint density at radius 3 is 2.24 bits per heavy atom. The van der Waals surface area contributed by atoms with E-state index in [0.717, 1.165) is 17.7 Å². The first kappa shape index (κ1) is 14.0. The standard InChI is InChI=1S/C15H24O2/c1-10(2)6-13(9-16)14-7-11(3)12(4)8-15(14)17-5/h7-8,10,13,16H,6,9H2,1-5H3. The molecule has 0 aliphatic carbocycles. The Kier molecular flexibility index (Phi) is 5.01. The Morgan fingerprint density at radius 2 is 1.76 bits per heavy atom. The van der Waals surface area contributed by atoms with Crippen LogP contribution in [0.1, 0.15) is 42.9 Å². The Balaban J connectivity index is 3.12. The van der Waals surface area contributed by atoms with Gasteiger partial charge in [0.25, 0.3) is 0 Å². The molecule has 0 saturated heterocycles. The summed E-state index contributed by atoms with van der Waals surface area (Å²) < 4.78 is 5.43. The number of methoxy groups -OCH3 is 1. The van der Waals surface area contributed by atoms with Gasteiger partial charge in [-0.25, -0.2) is 0 Å². The Hall–Kier alpha value is -1.02. The second-order valence-corrected chi connectivity index (χ2v) is 5.19. The van der Waals surface area contributed by atoms with Gasteiger partial charge in [-0.05, 0) is 48.9 Å². The fraction of sp³-hybridized carbons (Fsp3) is 0.600. The number of hydrogen-bond acceptors (Lipinski definition) is 2. The van der Waals surface area contributed by atoms with E-state index >= 15 is 0 Å². The van der Waals surface area contributed by atoms with Crippen LogP contribution in [0.5, 0.6) is 5.75 Å². The fourth-order valence-electron chi connectivity index (χ4n) is 2.18. The molecule has 0 saturated carbocycles. The quantitative estimate of drug-likeness (QED) is 0.848. The van der Waals surface area contributed by atoms with E-state index in [1.807, 2.05) is 0 Å². The normalized spacial score (nSPS) is 12.9. The van der Waals surface area contributed by atoms with E-state index in [1.54, 1.807) is 7.11 Å². The summed E-state index contributed by atoms with van der Waals surface area (Å²) in [5, 5.41) is 9.55. The van der Waals surface area contributed by atoms with Gasteiger partial charge < -0.3 is 9.84 Å². The molecule has 2 nitrogen and oxygen atoms in total. The smallest absolute Gasteiger partial charge is 0.122 e. The van der Waals surface area contributed by atoms with Gasteiger partial charge >= 0.3 is 0 Å². The van der Waals surface area contributed by atoms with Crippen LogP contribution >= 0.6 is 0 Å². The van der Waals surface area contributed by atoms with Gasteiger partial charge in [0.15, 0.2) is 0 Å². The zero-order valence-corrected chi connectivity index (χ0v) is 11.6. The largest absolute Gasteiger partial charge is 0.496 e. The third-order valence-corrected chi connectivity index (χ3v) is 3.26. The molecule has 1 unspecified atom stereocenters. The number of aliphatic hydroxyl groups is 1. The minimum absolute atomic E-state index is 0.171. The van der Waals surface area contributed by atoms with Gasteiger partial charge in [0.2, 0.25) is 0 Å². The Labute approximate surface area is 105 Å². The average molecular weight is 236 g/mol. The molecule has 0 spiro atoms. The molecule has 96 valence electrons. The third kappa shape index (κ3) is 3.47. The van der Waals surface area contributed by atoms with E-state index in [4.69, 9.17) is 4.74 Å². The van der Waals surface area contributed by atoms with E-state index in [1.165, 1.54) is 11.1 Å². The van der Waals surface area contributed by atoms with E-state index in [-0.39, 0.29) is 12.5 Å². The second-order valence-electron chi connectivity index (χ2n) is 5.19. The molecule has 0 aliphatic rings. The van der Waals surface area contributed by atoms with Gasteiger partial charge in [0, 0.05) is 5.92 Å². The SMILES string of the molecule is COc1cc(C)c(C)cc1C(CO)CC(C)C. The predicted octanol–water partition coefficient (Wildman–Crippen LogP) is 3.43. The van der Waals surface area contributed by atoms with E-state index in [0.29, 0.717) is 5.92 Å². The van der Waals surface area contributed by atoms with Crippen LogP contribution in [0, 0.1) is 19.8 Å². The molecule has 1 atom stereocenters. The van der Waals surface area contributed by atoms with Crippen molar-refractivity contribution in [1.29, 1.82) is 0 Å². The average Bonchev–Trinajstić information content (AvgIpc) is 2.28. The topological polar surface area (TPSA) is 29.5 Å². The fourth-order valence-corrected chi connectivity index (χ4v) is 2.18. The molecule has 0 fully saturated rings. The van der Waals surface area contributed by atoms with Crippen LogP contribution < -0.4 is 4.74 Å². The first-order valence-electron chi connectivity index (χ1n) is 6.25. The molecule has 0 radical (unpaired) electrons. The van der Waals surface area contributed by atoms with E-state index in [2.05, 4.69) is 39.8 Å². The number of ether oxygens (including phenoxy) is 1. The molecule has 1 aromatic carbocycles. The molecule has 0 amide bonds. The predicted molar refractivity (Wildman–Crippen MR) is 71.7 cm³/mol. The number of benzene rings is 1. The molecule has 1 aromatic rings. The van der Waals surface area contributed by atoms with Crippen molar-refractivity contribution in [2.75, 3.05) is 13.7 Å². The lowest BCUT2D eigenvalue weighted by atomic mass is 9.88. The molecule has 0 aromatic heterocycles. The first-order valence-corrected chi connectivity index (χ1v) is 6.25. The second kappa shape index (κ2) is 6.06. The van der Waals surface area contributed by atoms with Crippen molar-refractivity contribution in [3.63, 3.8) is 0 Å². The molecule has 1 rings (SSSR count). The van der Waals surface area contributed by atoms with Crippen LogP contribution in [0.25, 0.3) is 0 Å². The lowest BCUT2D eigenvalue weighted by Gasteiger charge is -2.21. The summed E-state index contributed by atoms with van der Waals surface area (Å²) in [6, 6.07) is 4.21. The van der Waals surface area contributed by atoms with Gasteiger partial charge in [-0.15, -0.1) is 0 Å². The van der Waals surface area contributed by atoms with E-state index in [9.17, 15) is 5.11 Å². The van der Waals surface area contributed by atoms with Crippen molar-refractivity contribution in [1.82, 2.24) is 0 Å². The van der Waals surface area contributed by atoms with Crippen LogP contribution in [0.15, 0.2) is 12.1 Å². The van der Waals surface area contributed by atoms with Crippen LogP contribution in [0.4, 0.5) is 0 Å². The summed E-state index contributed by atoms with van der Waals surface area (Å²) in [5.74, 6) is 1.63. The highest BCUT2D eigenvalue weighted by atomic mass is 16.5. The highest BCUT2D eigenvalue weighted by Gasteiger charge is 2.17. The number of rotatable bonds is 5. The molecule has 0 bridgehead atoms. The minimum Gasteiger partial charge on any atom is -0.496 e. The Bertz CT molecular complexity index is 369. The van der Waals surface area contributed by atoms with Gasteiger partial charge in [0.1, 0.15) is 5.75 Å². The van der Waals surface area contributed by atoms with Crippen molar-refractivity contribution in [2.45, 2.75) is 40.0 Å². The van der Waals surface area contributed by atoms with E-state index < -0.39 is 0 Å². The van der Waals surface area contributed by atoms with Gasteiger partial charge in [-0.2, -0.15) is 0 Å². The lowest BCUT2D eigenvalue weighted by molar-refractivity contribution is 0.245. The molecular weight excluding hydrogens is 212 g/mol. The number of aliphatic hydroxyl groups excluding tert-OH is 1. The maximum absolute atomic E-state index is 9.55. The van der Waals surface area contributed by atoms with Crippen molar-refractivity contribution in [3.8, 4) is 5.75 Å². The van der Waals surface area contributed by atoms with Crippen LogP contribution in [-0.2, 0) is 0 Å². The molecule has 17 heavy (non-hydrogen) atoms. The van der Waals surface area contributed by atoms with Gasteiger partial charge in [-0.1, -0.05) is 19.9 Å². The molecule has 0 aliphatic heterocycles. The highest BCUT2D eigenvalue weighted by molar-refractivity contribution is 5.43. The Morgan fingerprint density at radius 1 is 1.18 bits per heavy atom. The summed E-state index contributed by atoms with van der Waals surface area (Å²) in [4.78, 5) is 0. The minimum atomic E-state index is 0.171. The van der Waals surface area contributed by atoms with Crippen LogP contribution in [0.2, 0.25) is 0 Å². The maximum Gasteiger partial charge on any atom is 0.122 e. The van der Waals surface area contributed by atoms with Crippen molar-refractivity contribution in [3.05, 3.63) is 28.8 Å². The molecule has 1 N–H and O–H groups in total. The van der Waals surface area contributed by atoms with Gasteiger partial charge in [0.05, 0.1) is 13.7 Å². The van der Waals surface area contributed by atoms with Crippen LogP contribution in [0.3, 0.4) is 0 Å². The van der Waals surface area contributed by atoms with Gasteiger partial charge in [-0.3, -0.25) is 0 Å². The van der Waals surface area contributed by atoms with Crippen molar-refractivity contribution in [2.24, 2.45) is 5.92 Å². The summed E-state index contributed by atoms with van der Waals surface area (Å²) in [6.45, 7) is 8.71. The maximum atomic E-state index is 9.55. The molecular formula is C15H24O2. The zero-order chi connectivity index (χ0) is 13.0.